The number of H-pyrrole nitrogens is 1. The van der Waals surface area contributed by atoms with E-state index in [1.54, 1.807) is 11.9 Å². The molecule has 31 heavy (non-hydrogen) atoms. The fraction of sp³-hybridized carbons (Fsp3) is 0.292. The van der Waals surface area contributed by atoms with Crippen molar-refractivity contribution in [1.29, 1.82) is 0 Å². The number of aromatic nitrogens is 3. The summed E-state index contributed by atoms with van der Waals surface area (Å²) in [5.74, 6) is 1.91. The first-order valence-electron chi connectivity index (χ1n) is 10.5. The molecule has 0 bridgehead atoms. The molecule has 0 saturated carbocycles. The van der Waals surface area contributed by atoms with Gasteiger partial charge >= 0.3 is 0 Å². The first-order chi connectivity index (χ1) is 15.2. The third-order valence-corrected chi connectivity index (χ3v) is 5.21. The number of nitrogens with zero attached hydrogens (tertiary/aromatic N) is 3. The minimum Gasteiger partial charge on any atom is -0.492 e. The van der Waals surface area contributed by atoms with Crippen molar-refractivity contribution in [3.8, 4) is 5.75 Å². The third kappa shape index (κ3) is 5.51. The molecule has 0 aliphatic heterocycles. The lowest BCUT2D eigenvalue weighted by atomic mass is 10.1. The Bertz CT molecular complexity index is 1120. The summed E-state index contributed by atoms with van der Waals surface area (Å²) in [5.41, 5.74) is 2.35. The van der Waals surface area contributed by atoms with E-state index in [2.05, 4.69) is 27.3 Å². The average molecular weight is 418 g/mol. The van der Waals surface area contributed by atoms with Crippen LogP contribution in [0.4, 0.5) is 0 Å². The number of ether oxygens (including phenoxy) is 1. The fourth-order valence-electron chi connectivity index (χ4n) is 3.42. The Balaban J connectivity index is 1.20. The zero-order chi connectivity index (χ0) is 21.5. The van der Waals surface area contributed by atoms with Gasteiger partial charge in [0.25, 0.3) is 0 Å². The Morgan fingerprint density at radius 2 is 1.74 bits per heavy atom. The van der Waals surface area contributed by atoms with Gasteiger partial charge in [0.05, 0.1) is 6.54 Å². The first-order valence-corrected chi connectivity index (χ1v) is 10.5. The maximum Gasteiger partial charge on any atom is 0.222 e. The van der Waals surface area contributed by atoms with Gasteiger partial charge in [0.1, 0.15) is 12.4 Å². The number of hydrogen-bond acceptors (Lipinski definition) is 5. The van der Waals surface area contributed by atoms with Crippen LogP contribution in [-0.4, -0.2) is 46.2 Å². The van der Waals surface area contributed by atoms with Crippen LogP contribution in [-0.2, 0) is 24.1 Å². The number of fused-ring (bicyclic) bond motifs is 1. The van der Waals surface area contributed by atoms with Crippen molar-refractivity contribution in [1.82, 2.24) is 20.1 Å². The predicted octanol–water partition coefficient (Wildman–Crippen LogP) is 3.81. The van der Waals surface area contributed by atoms with E-state index >= 15 is 0 Å². The standard InChI is InChI=1S/C24H26N4O3/c1-28(15-16-30-19-7-3-2-4-8-19)24(29)14-13-23-27-26-22(31-23)12-11-18-17-25-21-10-6-5-9-20(18)21/h2-10,17,25H,11-16H2,1H3. The molecule has 1 amide bonds. The van der Waals surface area contributed by atoms with E-state index in [1.165, 1.54) is 10.9 Å². The van der Waals surface area contributed by atoms with Gasteiger partial charge in [-0.2, -0.15) is 0 Å². The number of rotatable bonds is 10. The summed E-state index contributed by atoms with van der Waals surface area (Å²) in [5, 5.41) is 9.44. The monoisotopic (exact) mass is 418 g/mol. The van der Waals surface area contributed by atoms with Crippen molar-refractivity contribution in [3.63, 3.8) is 0 Å². The lowest BCUT2D eigenvalue weighted by Crippen LogP contribution is -2.31. The molecular formula is C24H26N4O3. The number of aromatic amines is 1. The molecule has 0 atom stereocenters. The molecule has 0 spiro atoms. The van der Waals surface area contributed by atoms with Gasteiger partial charge < -0.3 is 19.0 Å². The average Bonchev–Trinajstić information content (AvgIpc) is 3.43. The second kappa shape index (κ2) is 9.93. The summed E-state index contributed by atoms with van der Waals surface area (Å²) in [6.07, 6.45) is 4.26. The highest BCUT2D eigenvalue weighted by molar-refractivity contribution is 5.83. The second-order valence-electron chi connectivity index (χ2n) is 7.43. The zero-order valence-corrected chi connectivity index (χ0v) is 17.6. The summed E-state index contributed by atoms with van der Waals surface area (Å²) in [6.45, 7) is 0.970. The summed E-state index contributed by atoms with van der Waals surface area (Å²) >= 11 is 0. The van der Waals surface area contributed by atoms with Gasteiger partial charge in [0.2, 0.25) is 17.7 Å². The molecule has 1 N–H and O–H groups in total. The quantitative estimate of drug-likeness (QED) is 0.423. The Labute approximate surface area is 181 Å². The van der Waals surface area contributed by atoms with Gasteiger partial charge in [-0.3, -0.25) is 4.79 Å². The number of para-hydroxylation sites is 2. The number of carbonyl (C=O) groups is 1. The molecule has 7 heteroatoms. The molecule has 0 aliphatic rings. The van der Waals surface area contributed by atoms with Gasteiger partial charge in [0.15, 0.2) is 0 Å². The smallest absolute Gasteiger partial charge is 0.222 e. The highest BCUT2D eigenvalue weighted by Crippen LogP contribution is 2.19. The maximum atomic E-state index is 12.3. The highest BCUT2D eigenvalue weighted by atomic mass is 16.5. The molecule has 2 aromatic carbocycles. The molecule has 4 aromatic rings. The second-order valence-corrected chi connectivity index (χ2v) is 7.43. The fourth-order valence-corrected chi connectivity index (χ4v) is 3.42. The summed E-state index contributed by atoms with van der Waals surface area (Å²) in [7, 11) is 1.77. The Morgan fingerprint density at radius 1 is 1.00 bits per heavy atom. The van der Waals surface area contributed by atoms with Crippen LogP contribution in [0, 0.1) is 0 Å². The number of hydrogen-bond donors (Lipinski definition) is 1. The van der Waals surface area contributed by atoms with Crippen LogP contribution in [0.2, 0.25) is 0 Å². The van der Waals surface area contributed by atoms with E-state index in [4.69, 9.17) is 9.15 Å². The van der Waals surface area contributed by atoms with Crippen molar-refractivity contribution in [2.24, 2.45) is 0 Å². The van der Waals surface area contributed by atoms with Crippen molar-refractivity contribution < 1.29 is 13.9 Å². The molecule has 2 aromatic heterocycles. The van der Waals surface area contributed by atoms with Crippen molar-refractivity contribution in [2.75, 3.05) is 20.2 Å². The van der Waals surface area contributed by atoms with E-state index < -0.39 is 0 Å². The lowest BCUT2D eigenvalue weighted by molar-refractivity contribution is -0.130. The van der Waals surface area contributed by atoms with Gasteiger partial charge in [-0.05, 0) is 30.2 Å². The SMILES string of the molecule is CN(CCOc1ccccc1)C(=O)CCc1nnc(CCc2c[nH]c3ccccc23)o1. The van der Waals surface area contributed by atoms with E-state index in [0.29, 0.717) is 44.2 Å². The summed E-state index contributed by atoms with van der Waals surface area (Å²) < 4.78 is 11.4. The molecule has 2 heterocycles. The van der Waals surface area contributed by atoms with E-state index in [9.17, 15) is 4.79 Å². The molecular weight excluding hydrogens is 392 g/mol. The van der Waals surface area contributed by atoms with Crippen LogP contribution >= 0.6 is 0 Å². The Hall–Kier alpha value is -3.61. The van der Waals surface area contributed by atoms with Crippen molar-refractivity contribution in [2.45, 2.75) is 25.7 Å². The number of carbonyl (C=O) groups excluding carboxylic acids is 1. The predicted molar refractivity (Wildman–Crippen MR) is 118 cm³/mol. The Kier molecular flexibility index (Phi) is 6.62. The van der Waals surface area contributed by atoms with Crippen LogP contribution in [0.5, 0.6) is 5.75 Å². The lowest BCUT2D eigenvalue weighted by Gasteiger charge is -2.17. The number of likely N-dealkylation sites (N-methyl/N-ethyl adjacent to an activating group) is 1. The minimum absolute atomic E-state index is 0.0233. The number of nitrogens with one attached hydrogen (secondary N) is 1. The summed E-state index contributed by atoms with van der Waals surface area (Å²) in [4.78, 5) is 17.3. The van der Waals surface area contributed by atoms with Crippen LogP contribution in [0.3, 0.4) is 0 Å². The molecule has 4 rings (SSSR count). The van der Waals surface area contributed by atoms with Crippen LogP contribution < -0.4 is 4.74 Å². The molecule has 0 fully saturated rings. The first kappa shape index (κ1) is 20.7. The number of amides is 1. The van der Waals surface area contributed by atoms with E-state index in [0.717, 1.165) is 17.7 Å². The molecule has 0 unspecified atom stereocenters. The van der Waals surface area contributed by atoms with Crippen molar-refractivity contribution in [3.05, 3.63) is 78.1 Å². The third-order valence-electron chi connectivity index (χ3n) is 5.21. The van der Waals surface area contributed by atoms with E-state index in [-0.39, 0.29) is 5.91 Å². The van der Waals surface area contributed by atoms with Gasteiger partial charge in [0, 0.05) is 43.4 Å². The number of aryl methyl sites for hydroxylation is 3. The highest BCUT2D eigenvalue weighted by Gasteiger charge is 2.13. The molecule has 160 valence electrons. The normalized spacial score (nSPS) is 11.0. The Morgan fingerprint density at radius 3 is 2.58 bits per heavy atom. The largest absolute Gasteiger partial charge is 0.492 e. The molecule has 0 saturated heterocycles. The molecule has 0 aliphatic carbocycles. The van der Waals surface area contributed by atoms with Gasteiger partial charge in [-0.15, -0.1) is 10.2 Å². The topological polar surface area (TPSA) is 84.2 Å². The van der Waals surface area contributed by atoms with Crippen LogP contribution in [0.1, 0.15) is 23.8 Å². The van der Waals surface area contributed by atoms with E-state index in [1.807, 2.05) is 48.7 Å². The zero-order valence-electron chi connectivity index (χ0n) is 17.6. The number of benzene rings is 2. The van der Waals surface area contributed by atoms with Crippen LogP contribution in [0.15, 0.2) is 65.2 Å². The van der Waals surface area contributed by atoms with Gasteiger partial charge in [-0.1, -0.05) is 36.4 Å². The maximum absolute atomic E-state index is 12.3. The molecule has 7 nitrogen and oxygen atoms in total. The van der Waals surface area contributed by atoms with Crippen molar-refractivity contribution >= 4 is 16.8 Å². The summed E-state index contributed by atoms with van der Waals surface area (Å²) in [6, 6.07) is 17.8. The van der Waals surface area contributed by atoms with Gasteiger partial charge in [-0.25, -0.2) is 0 Å². The molecule has 0 radical (unpaired) electrons. The van der Waals surface area contributed by atoms with Crippen LogP contribution in [0.25, 0.3) is 10.9 Å². The minimum atomic E-state index is 0.0233.